The first kappa shape index (κ1) is 29.6. The van der Waals surface area contributed by atoms with Crippen LogP contribution in [-0.4, -0.2) is 4.57 Å². The molecule has 3 heteroatoms. The SMILES string of the molecule is c1ccc(-c2ccc(N(c3ccc4ccccc4c3)c3ccc4c(c3)c3cc5c(ccc6c7ccccc7oc56)cc3n4-c3ccccc3)cc2)cc1. The van der Waals surface area contributed by atoms with E-state index in [1.807, 2.05) is 6.07 Å². The highest BCUT2D eigenvalue weighted by Gasteiger charge is 2.20. The molecular formula is C50H32N2O. The van der Waals surface area contributed by atoms with E-state index in [0.717, 1.165) is 66.5 Å². The molecule has 53 heavy (non-hydrogen) atoms. The molecule has 0 atom stereocenters. The Balaban J connectivity index is 1.17. The molecule has 11 aromatic rings. The average Bonchev–Trinajstić information content (AvgIpc) is 3.76. The quantitative estimate of drug-likeness (QED) is 0.181. The molecule has 0 amide bonds. The highest BCUT2D eigenvalue weighted by Crippen LogP contribution is 2.43. The first-order valence-electron chi connectivity index (χ1n) is 18.1. The molecular weight excluding hydrogens is 645 g/mol. The molecule has 3 nitrogen and oxygen atoms in total. The maximum absolute atomic E-state index is 6.56. The lowest BCUT2D eigenvalue weighted by molar-refractivity contribution is 0.672. The van der Waals surface area contributed by atoms with Gasteiger partial charge in [-0.15, -0.1) is 0 Å². The van der Waals surface area contributed by atoms with E-state index in [9.17, 15) is 0 Å². The van der Waals surface area contributed by atoms with E-state index in [0.29, 0.717) is 0 Å². The van der Waals surface area contributed by atoms with Crippen LogP contribution in [0.25, 0.3) is 82.1 Å². The number of hydrogen-bond acceptors (Lipinski definition) is 2. The monoisotopic (exact) mass is 676 g/mol. The summed E-state index contributed by atoms with van der Waals surface area (Å²) < 4.78 is 8.95. The Morgan fingerprint density at radius 1 is 0.358 bits per heavy atom. The van der Waals surface area contributed by atoms with Gasteiger partial charge in [-0.3, -0.25) is 0 Å². The summed E-state index contributed by atoms with van der Waals surface area (Å²) in [6.07, 6.45) is 0. The average molecular weight is 677 g/mol. The smallest absolute Gasteiger partial charge is 0.143 e. The summed E-state index contributed by atoms with van der Waals surface area (Å²) >= 11 is 0. The van der Waals surface area contributed by atoms with Gasteiger partial charge in [-0.2, -0.15) is 0 Å². The molecule has 0 unspecified atom stereocenters. The summed E-state index contributed by atoms with van der Waals surface area (Å²) in [6, 6.07) is 69.8. The standard InChI is InChI=1S/C50H32N2O/c1-3-11-33(12-4-1)35-19-23-39(24-20-35)51(40-25-21-34-13-7-8-14-36(34)29-40)41-26-28-47-45(31-41)46-32-44-37(30-48(46)52(47)38-15-5-2-6-16-38)22-27-43-42-17-9-10-18-49(42)53-50(43)44/h1-32H. The predicted octanol–water partition coefficient (Wildman–Crippen LogP) is 14.1. The maximum Gasteiger partial charge on any atom is 0.143 e. The second-order valence-electron chi connectivity index (χ2n) is 13.8. The third-order valence-electron chi connectivity index (χ3n) is 10.7. The molecule has 0 saturated carbocycles. The fourth-order valence-corrected chi connectivity index (χ4v) is 8.20. The van der Waals surface area contributed by atoms with Crippen molar-refractivity contribution in [1.82, 2.24) is 4.57 Å². The second kappa shape index (κ2) is 11.7. The van der Waals surface area contributed by atoms with Gasteiger partial charge in [-0.05, 0) is 106 Å². The zero-order valence-corrected chi connectivity index (χ0v) is 28.8. The van der Waals surface area contributed by atoms with Gasteiger partial charge in [-0.25, -0.2) is 0 Å². The molecule has 0 fully saturated rings. The molecule has 0 saturated heterocycles. The third-order valence-corrected chi connectivity index (χ3v) is 10.7. The minimum Gasteiger partial charge on any atom is -0.455 e. The van der Waals surface area contributed by atoms with Crippen molar-refractivity contribution in [3.63, 3.8) is 0 Å². The van der Waals surface area contributed by atoms with Gasteiger partial charge in [0.05, 0.1) is 11.0 Å². The van der Waals surface area contributed by atoms with E-state index >= 15 is 0 Å². The van der Waals surface area contributed by atoms with E-state index in [1.165, 1.54) is 32.7 Å². The van der Waals surface area contributed by atoms with Gasteiger partial charge < -0.3 is 13.9 Å². The number of furan rings is 1. The van der Waals surface area contributed by atoms with Crippen LogP contribution in [0.4, 0.5) is 17.1 Å². The lowest BCUT2D eigenvalue weighted by atomic mass is 10.0. The van der Waals surface area contributed by atoms with Gasteiger partial charge in [0.25, 0.3) is 0 Å². The molecule has 0 aliphatic heterocycles. The molecule has 2 aromatic heterocycles. The minimum atomic E-state index is 0.911. The van der Waals surface area contributed by atoms with Crippen LogP contribution >= 0.6 is 0 Å². The largest absolute Gasteiger partial charge is 0.455 e. The fraction of sp³-hybridized carbons (Fsp3) is 0. The molecule has 0 aliphatic carbocycles. The molecule has 2 heterocycles. The first-order chi connectivity index (χ1) is 26.3. The molecule has 0 bridgehead atoms. The molecule has 0 N–H and O–H groups in total. The predicted molar refractivity (Wildman–Crippen MR) is 223 cm³/mol. The van der Waals surface area contributed by atoms with Crippen LogP contribution < -0.4 is 4.90 Å². The van der Waals surface area contributed by atoms with Crippen LogP contribution in [0.1, 0.15) is 0 Å². The Morgan fingerprint density at radius 2 is 1.00 bits per heavy atom. The summed E-state index contributed by atoms with van der Waals surface area (Å²) in [5.74, 6) is 0. The summed E-state index contributed by atoms with van der Waals surface area (Å²) in [4.78, 5) is 2.38. The summed E-state index contributed by atoms with van der Waals surface area (Å²) in [7, 11) is 0. The summed E-state index contributed by atoms with van der Waals surface area (Å²) in [6.45, 7) is 0. The second-order valence-corrected chi connectivity index (χ2v) is 13.8. The van der Waals surface area contributed by atoms with Crippen molar-refractivity contribution in [3.8, 4) is 16.8 Å². The van der Waals surface area contributed by atoms with E-state index in [-0.39, 0.29) is 0 Å². The highest BCUT2D eigenvalue weighted by molar-refractivity contribution is 6.21. The zero-order valence-electron chi connectivity index (χ0n) is 28.8. The maximum atomic E-state index is 6.56. The molecule has 0 spiro atoms. The lowest BCUT2D eigenvalue weighted by Gasteiger charge is -2.26. The van der Waals surface area contributed by atoms with Crippen LogP contribution in [-0.2, 0) is 0 Å². The van der Waals surface area contributed by atoms with Crippen LogP contribution in [0.15, 0.2) is 199 Å². The Hall–Kier alpha value is -7.10. The van der Waals surface area contributed by atoms with Crippen molar-refractivity contribution in [3.05, 3.63) is 194 Å². The van der Waals surface area contributed by atoms with Crippen molar-refractivity contribution >= 4 is 82.4 Å². The zero-order chi connectivity index (χ0) is 34.9. The van der Waals surface area contributed by atoms with E-state index < -0.39 is 0 Å². The normalized spacial score (nSPS) is 11.8. The highest BCUT2D eigenvalue weighted by atomic mass is 16.3. The van der Waals surface area contributed by atoms with E-state index in [4.69, 9.17) is 4.42 Å². The van der Waals surface area contributed by atoms with Crippen molar-refractivity contribution in [1.29, 1.82) is 0 Å². The number of benzene rings is 9. The topological polar surface area (TPSA) is 21.3 Å². The van der Waals surface area contributed by atoms with E-state index in [2.05, 4.69) is 198 Å². The Bertz CT molecular complexity index is 3160. The first-order valence-corrected chi connectivity index (χ1v) is 18.1. The summed E-state index contributed by atoms with van der Waals surface area (Å²) in [5.41, 5.74) is 11.0. The van der Waals surface area contributed by atoms with Gasteiger partial charge in [0, 0.05) is 49.7 Å². The Morgan fingerprint density at radius 3 is 1.85 bits per heavy atom. The molecule has 11 rings (SSSR count). The van der Waals surface area contributed by atoms with Gasteiger partial charge in [0.1, 0.15) is 11.2 Å². The van der Waals surface area contributed by atoms with Crippen molar-refractivity contribution < 1.29 is 4.42 Å². The van der Waals surface area contributed by atoms with Gasteiger partial charge in [-0.1, -0.05) is 115 Å². The Kier molecular flexibility index (Phi) is 6.55. The number of hydrogen-bond donors (Lipinski definition) is 0. The summed E-state index contributed by atoms with van der Waals surface area (Å²) in [5, 5.41) is 9.35. The van der Waals surface area contributed by atoms with E-state index in [1.54, 1.807) is 0 Å². The van der Waals surface area contributed by atoms with Crippen LogP contribution in [0, 0.1) is 0 Å². The number of para-hydroxylation sites is 2. The third kappa shape index (κ3) is 4.75. The fourth-order valence-electron chi connectivity index (χ4n) is 8.20. The van der Waals surface area contributed by atoms with Gasteiger partial charge in [0.2, 0.25) is 0 Å². The van der Waals surface area contributed by atoms with Gasteiger partial charge in [0.15, 0.2) is 0 Å². The Labute approximate surface area is 306 Å². The van der Waals surface area contributed by atoms with Crippen LogP contribution in [0.2, 0.25) is 0 Å². The minimum absolute atomic E-state index is 0.911. The number of anilines is 3. The van der Waals surface area contributed by atoms with Crippen molar-refractivity contribution in [2.24, 2.45) is 0 Å². The molecule has 0 radical (unpaired) electrons. The van der Waals surface area contributed by atoms with Gasteiger partial charge >= 0.3 is 0 Å². The number of rotatable bonds is 5. The lowest BCUT2D eigenvalue weighted by Crippen LogP contribution is -2.10. The van der Waals surface area contributed by atoms with Crippen molar-refractivity contribution in [2.45, 2.75) is 0 Å². The number of fused-ring (bicyclic) bond motifs is 9. The van der Waals surface area contributed by atoms with Crippen LogP contribution in [0.5, 0.6) is 0 Å². The number of aromatic nitrogens is 1. The molecule has 9 aromatic carbocycles. The van der Waals surface area contributed by atoms with Crippen molar-refractivity contribution in [2.75, 3.05) is 4.90 Å². The molecule has 0 aliphatic rings. The van der Waals surface area contributed by atoms with Crippen LogP contribution in [0.3, 0.4) is 0 Å². The molecule has 248 valence electrons. The number of nitrogens with zero attached hydrogens (tertiary/aromatic N) is 2.